The Balaban J connectivity index is 0.00000205. The van der Waals surface area contributed by atoms with E-state index in [-0.39, 0.29) is 12.4 Å². The molecule has 1 atom stereocenters. The van der Waals surface area contributed by atoms with Gasteiger partial charge in [-0.1, -0.05) is 36.4 Å². The number of rotatable bonds is 5. The lowest BCUT2D eigenvalue weighted by atomic mass is 9.99. The van der Waals surface area contributed by atoms with E-state index in [1.807, 2.05) is 4.90 Å². The topological polar surface area (TPSA) is 23.6 Å². The van der Waals surface area contributed by atoms with Gasteiger partial charge in [-0.05, 0) is 79.5 Å². The van der Waals surface area contributed by atoms with E-state index >= 15 is 0 Å². The van der Waals surface area contributed by atoms with Gasteiger partial charge in [-0.3, -0.25) is 4.79 Å². The number of hydrogen-bond donors (Lipinski definition) is 0. The molecule has 29 heavy (non-hydrogen) atoms. The summed E-state index contributed by atoms with van der Waals surface area (Å²) in [5.74, 6) is 0.666. The van der Waals surface area contributed by atoms with Crippen molar-refractivity contribution < 1.29 is 4.79 Å². The van der Waals surface area contributed by atoms with Crippen molar-refractivity contribution in [3.8, 4) is 11.1 Å². The van der Waals surface area contributed by atoms with Crippen LogP contribution in [0.25, 0.3) is 11.1 Å². The normalized spacial score (nSPS) is 21.1. The van der Waals surface area contributed by atoms with Gasteiger partial charge in [0.15, 0.2) is 0 Å². The maximum Gasteiger partial charge on any atom is 0.226 e. The SMILES string of the molecule is C[C@@H]1CCCN1CCc1ccc(-c2ccc3c(c2)CN(C(=O)C2CC2)C3)cc1.Cl. The van der Waals surface area contributed by atoms with Gasteiger partial charge in [-0.15, -0.1) is 12.4 Å². The molecule has 2 aromatic carbocycles. The van der Waals surface area contributed by atoms with E-state index in [1.54, 1.807) is 0 Å². The third-order valence-electron chi connectivity index (χ3n) is 6.83. The Morgan fingerprint density at radius 3 is 2.38 bits per heavy atom. The van der Waals surface area contributed by atoms with E-state index < -0.39 is 0 Å². The number of likely N-dealkylation sites (tertiary alicyclic amines) is 1. The van der Waals surface area contributed by atoms with Crippen molar-refractivity contribution >= 4 is 18.3 Å². The Morgan fingerprint density at radius 1 is 0.966 bits per heavy atom. The fraction of sp³-hybridized carbons (Fsp3) is 0.480. The summed E-state index contributed by atoms with van der Waals surface area (Å²) in [5, 5.41) is 0. The van der Waals surface area contributed by atoms with Gasteiger partial charge in [0.05, 0.1) is 0 Å². The zero-order valence-corrected chi connectivity index (χ0v) is 18.1. The van der Waals surface area contributed by atoms with Crippen molar-refractivity contribution in [3.63, 3.8) is 0 Å². The smallest absolute Gasteiger partial charge is 0.226 e. The largest absolute Gasteiger partial charge is 0.334 e. The average Bonchev–Trinajstić information content (AvgIpc) is 3.35. The second-order valence-corrected chi connectivity index (χ2v) is 8.93. The molecule has 2 fully saturated rings. The summed E-state index contributed by atoms with van der Waals surface area (Å²) in [5.41, 5.74) is 6.59. The number of amides is 1. The minimum atomic E-state index is 0. The molecule has 2 heterocycles. The molecule has 1 aliphatic carbocycles. The van der Waals surface area contributed by atoms with Crippen molar-refractivity contribution in [2.45, 2.75) is 58.2 Å². The Bertz CT molecular complexity index is 875. The average molecular weight is 411 g/mol. The number of carbonyl (C=O) groups is 1. The van der Waals surface area contributed by atoms with Crippen molar-refractivity contribution in [1.82, 2.24) is 9.80 Å². The highest BCUT2D eigenvalue weighted by Crippen LogP contribution is 2.35. The summed E-state index contributed by atoms with van der Waals surface area (Å²) in [7, 11) is 0. The highest BCUT2D eigenvalue weighted by atomic mass is 35.5. The van der Waals surface area contributed by atoms with Crippen molar-refractivity contribution in [2.24, 2.45) is 5.92 Å². The van der Waals surface area contributed by atoms with Crippen LogP contribution >= 0.6 is 12.4 Å². The van der Waals surface area contributed by atoms with Crippen LogP contribution in [0.3, 0.4) is 0 Å². The molecule has 0 unspecified atom stereocenters. The first-order chi connectivity index (χ1) is 13.7. The molecule has 2 aliphatic heterocycles. The van der Waals surface area contributed by atoms with Crippen molar-refractivity contribution in [3.05, 3.63) is 59.2 Å². The van der Waals surface area contributed by atoms with Gasteiger partial charge in [0, 0.05) is 31.6 Å². The lowest BCUT2D eigenvalue weighted by Crippen LogP contribution is -2.28. The zero-order valence-electron chi connectivity index (χ0n) is 17.3. The van der Waals surface area contributed by atoms with Gasteiger partial charge in [0.2, 0.25) is 5.91 Å². The van der Waals surface area contributed by atoms with Crippen molar-refractivity contribution in [2.75, 3.05) is 13.1 Å². The molecule has 1 saturated heterocycles. The number of hydrogen-bond acceptors (Lipinski definition) is 2. The number of benzene rings is 2. The summed E-state index contributed by atoms with van der Waals surface area (Å²) in [4.78, 5) is 17.0. The summed E-state index contributed by atoms with van der Waals surface area (Å²) in [6.45, 7) is 6.35. The molecule has 0 bridgehead atoms. The molecular formula is C25H31ClN2O. The van der Waals surface area contributed by atoms with Crippen LogP contribution in [0.1, 0.15) is 49.3 Å². The van der Waals surface area contributed by atoms with Crippen LogP contribution in [-0.4, -0.2) is 34.8 Å². The maximum absolute atomic E-state index is 12.4. The zero-order chi connectivity index (χ0) is 19.1. The molecule has 0 spiro atoms. The second-order valence-electron chi connectivity index (χ2n) is 8.93. The minimum Gasteiger partial charge on any atom is -0.334 e. The summed E-state index contributed by atoms with van der Waals surface area (Å²) < 4.78 is 0. The molecule has 0 aromatic heterocycles. The molecule has 3 nitrogen and oxygen atoms in total. The molecule has 1 saturated carbocycles. The maximum atomic E-state index is 12.4. The molecule has 0 N–H and O–H groups in total. The van der Waals surface area contributed by atoms with Crippen LogP contribution in [0.15, 0.2) is 42.5 Å². The Kier molecular flexibility index (Phi) is 5.98. The molecule has 0 radical (unpaired) electrons. The van der Waals surface area contributed by atoms with E-state index in [1.165, 1.54) is 53.7 Å². The fourth-order valence-corrected chi connectivity index (χ4v) is 4.78. The van der Waals surface area contributed by atoms with Crippen LogP contribution in [-0.2, 0) is 24.3 Å². The Hall–Kier alpha value is -1.84. The van der Waals surface area contributed by atoms with Crippen LogP contribution in [0.4, 0.5) is 0 Å². The van der Waals surface area contributed by atoms with E-state index in [9.17, 15) is 4.79 Å². The van der Waals surface area contributed by atoms with Gasteiger partial charge < -0.3 is 9.80 Å². The quantitative estimate of drug-likeness (QED) is 0.688. The first-order valence-corrected chi connectivity index (χ1v) is 10.9. The first kappa shape index (κ1) is 20.4. The van der Waals surface area contributed by atoms with Crippen molar-refractivity contribution in [1.29, 1.82) is 0 Å². The van der Waals surface area contributed by atoms with Gasteiger partial charge in [0.25, 0.3) is 0 Å². The number of halogens is 1. The lowest BCUT2D eigenvalue weighted by molar-refractivity contribution is -0.133. The molecule has 5 rings (SSSR count). The van der Waals surface area contributed by atoms with E-state index in [0.717, 1.165) is 38.4 Å². The Labute approximate surface area is 180 Å². The fourth-order valence-electron chi connectivity index (χ4n) is 4.78. The summed E-state index contributed by atoms with van der Waals surface area (Å²) in [6.07, 6.45) is 6.00. The minimum absolute atomic E-state index is 0. The van der Waals surface area contributed by atoms with Crippen LogP contribution in [0.5, 0.6) is 0 Å². The van der Waals surface area contributed by atoms with Crippen LogP contribution < -0.4 is 0 Å². The molecule has 4 heteroatoms. The van der Waals surface area contributed by atoms with E-state index in [4.69, 9.17) is 0 Å². The third-order valence-corrected chi connectivity index (χ3v) is 6.83. The summed E-state index contributed by atoms with van der Waals surface area (Å²) in [6, 6.07) is 16.5. The highest BCUT2D eigenvalue weighted by Gasteiger charge is 2.35. The highest BCUT2D eigenvalue weighted by molar-refractivity contribution is 5.85. The standard InChI is InChI=1S/C25H30N2O.ClH/c1-18-3-2-13-26(18)14-12-19-4-6-20(7-5-19)22-10-11-23-16-27(17-24(23)15-22)25(28)21-8-9-21;/h4-7,10-11,15,18,21H,2-3,8-9,12-14,16-17H2,1H3;1H/t18-;/m1./s1. The van der Waals surface area contributed by atoms with Crippen LogP contribution in [0.2, 0.25) is 0 Å². The second kappa shape index (κ2) is 8.49. The predicted molar refractivity (Wildman–Crippen MR) is 120 cm³/mol. The number of carbonyl (C=O) groups excluding carboxylic acids is 1. The predicted octanol–water partition coefficient (Wildman–Crippen LogP) is 5.05. The van der Waals surface area contributed by atoms with E-state index in [2.05, 4.69) is 54.3 Å². The van der Waals surface area contributed by atoms with Gasteiger partial charge in [0.1, 0.15) is 0 Å². The molecule has 3 aliphatic rings. The first-order valence-electron chi connectivity index (χ1n) is 10.9. The molecule has 2 aromatic rings. The number of nitrogens with zero attached hydrogens (tertiary/aromatic N) is 2. The molecule has 154 valence electrons. The monoisotopic (exact) mass is 410 g/mol. The Morgan fingerprint density at radius 2 is 1.69 bits per heavy atom. The summed E-state index contributed by atoms with van der Waals surface area (Å²) >= 11 is 0. The molecular weight excluding hydrogens is 380 g/mol. The third kappa shape index (κ3) is 4.36. The van der Waals surface area contributed by atoms with Crippen LogP contribution in [0, 0.1) is 5.92 Å². The molecule has 1 amide bonds. The van der Waals surface area contributed by atoms with Gasteiger partial charge in [-0.2, -0.15) is 0 Å². The van der Waals surface area contributed by atoms with E-state index in [0.29, 0.717) is 11.8 Å². The van der Waals surface area contributed by atoms with Gasteiger partial charge >= 0.3 is 0 Å². The number of fused-ring (bicyclic) bond motifs is 1. The van der Waals surface area contributed by atoms with Gasteiger partial charge in [-0.25, -0.2) is 0 Å². The lowest BCUT2D eigenvalue weighted by Gasteiger charge is -2.20.